The van der Waals surface area contributed by atoms with Crippen molar-refractivity contribution in [2.45, 2.75) is 60.4 Å². The van der Waals surface area contributed by atoms with Crippen LogP contribution in [0.5, 0.6) is 0 Å². The predicted molar refractivity (Wildman–Crippen MR) is 61.1 cm³/mol. The molecule has 0 aliphatic heterocycles. The van der Waals surface area contributed by atoms with Gasteiger partial charge in [-0.3, -0.25) is 4.79 Å². The Bertz CT molecular complexity index is 195. The van der Waals surface area contributed by atoms with Gasteiger partial charge < -0.3 is 5.32 Å². The molecule has 2 nitrogen and oxygen atoms in total. The van der Waals surface area contributed by atoms with Gasteiger partial charge in [-0.2, -0.15) is 0 Å². The predicted octanol–water partition coefficient (Wildman–Crippen LogP) is 2.97. The SMILES string of the molecule is CC(CC(C)(C)C)C(=O)NC(C)(C)C. The van der Waals surface area contributed by atoms with Crippen LogP contribution in [0.1, 0.15) is 54.9 Å². The van der Waals surface area contributed by atoms with E-state index in [0.717, 1.165) is 6.42 Å². The molecule has 0 fully saturated rings. The Morgan fingerprint density at radius 3 is 1.86 bits per heavy atom. The average Bonchev–Trinajstić information content (AvgIpc) is 1.78. The number of carbonyl (C=O) groups excluding carboxylic acids is 1. The molecule has 0 aromatic rings. The lowest BCUT2D eigenvalue weighted by molar-refractivity contribution is -0.126. The molecule has 84 valence electrons. The first-order valence-corrected chi connectivity index (χ1v) is 5.33. The van der Waals surface area contributed by atoms with Gasteiger partial charge in [0.05, 0.1) is 0 Å². The van der Waals surface area contributed by atoms with Crippen LogP contribution < -0.4 is 5.32 Å². The zero-order valence-corrected chi connectivity index (χ0v) is 10.7. The molecule has 0 spiro atoms. The Kier molecular flexibility index (Phi) is 4.16. The fourth-order valence-corrected chi connectivity index (χ4v) is 1.50. The van der Waals surface area contributed by atoms with Gasteiger partial charge in [-0.05, 0) is 32.6 Å². The summed E-state index contributed by atoms with van der Waals surface area (Å²) in [5.41, 5.74) is 0.0951. The average molecular weight is 199 g/mol. The van der Waals surface area contributed by atoms with Gasteiger partial charge in [-0.1, -0.05) is 27.7 Å². The minimum atomic E-state index is -0.122. The number of amides is 1. The minimum absolute atomic E-state index is 0.0919. The summed E-state index contributed by atoms with van der Waals surface area (Å²) in [7, 11) is 0. The lowest BCUT2D eigenvalue weighted by Gasteiger charge is -2.27. The van der Waals surface area contributed by atoms with Crippen molar-refractivity contribution in [2.75, 3.05) is 0 Å². The maximum Gasteiger partial charge on any atom is 0.223 e. The first-order valence-electron chi connectivity index (χ1n) is 5.33. The molecule has 1 amide bonds. The molecule has 0 aromatic carbocycles. The first kappa shape index (κ1) is 13.5. The van der Waals surface area contributed by atoms with E-state index < -0.39 is 0 Å². The van der Waals surface area contributed by atoms with Crippen LogP contribution in [-0.4, -0.2) is 11.4 Å². The molecule has 0 radical (unpaired) electrons. The molecule has 0 aliphatic carbocycles. The van der Waals surface area contributed by atoms with Gasteiger partial charge >= 0.3 is 0 Å². The normalized spacial score (nSPS) is 15.1. The molecule has 0 heterocycles. The second-order valence-electron chi connectivity index (χ2n) is 6.41. The number of rotatable bonds is 2. The van der Waals surface area contributed by atoms with Crippen LogP contribution in [0.25, 0.3) is 0 Å². The summed E-state index contributed by atoms with van der Waals surface area (Å²) in [6.07, 6.45) is 0.926. The number of hydrogen-bond donors (Lipinski definition) is 1. The Balaban J connectivity index is 4.15. The summed E-state index contributed by atoms with van der Waals surface area (Å²) in [6, 6.07) is 0. The molecule has 2 heteroatoms. The van der Waals surface area contributed by atoms with E-state index in [0.29, 0.717) is 0 Å². The van der Waals surface area contributed by atoms with Gasteiger partial charge in [0.25, 0.3) is 0 Å². The van der Waals surface area contributed by atoms with E-state index in [1.54, 1.807) is 0 Å². The Morgan fingerprint density at radius 2 is 1.57 bits per heavy atom. The molecule has 0 aliphatic rings. The minimum Gasteiger partial charge on any atom is -0.351 e. The van der Waals surface area contributed by atoms with Crippen LogP contribution in [-0.2, 0) is 4.79 Å². The van der Waals surface area contributed by atoms with Crippen molar-refractivity contribution in [2.24, 2.45) is 11.3 Å². The molecule has 0 bridgehead atoms. The second kappa shape index (κ2) is 4.33. The van der Waals surface area contributed by atoms with Crippen LogP contribution in [0, 0.1) is 11.3 Å². The Hall–Kier alpha value is -0.530. The highest BCUT2D eigenvalue weighted by Gasteiger charge is 2.23. The molecular formula is C12H25NO. The van der Waals surface area contributed by atoms with Crippen molar-refractivity contribution in [3.05, 3.63) is 0 Å². The third kappa shape index (κ3) is 6.93. The van der Waals surface area contributed by atoms with E-state index in [1.165, 1.54) is 0 Å². The molecule has 0 saturated heterocycles. The third-order valence-electron chi connectivity index (χ3n) is 1.86. The highest BCUT2D eigenvalue weighted by Crippen LogP contribution is 2.24. The molecule has 14 heavy (non-hydrogen) atoms. The van der Waals surface area contributed by atoms with Crippen molar-refractivity contribution < 1.29 is 4.79 Å². The van der Waals surface area contributed by atoms with E-state index >= 15 is 0 Å². The zero-order valence-electron chi connectivity index (χ0n) is 10.7. The van der Waals surface area contributed by atoms with Crippen LogP contribution in [0.15, 0.2) is 0 Å². The highest BCUT2D eigenvalue weighted by molar-refractivity contribution is 5.78. The summed E-state index contributed by atoms with van der Waals surface area (Å²) in [6.45, 7) is 14.5. The van der Waals surface area contributed by atoms with E-state index in [9.17, 15) is 4.79 Å². The number of hydrogen-bond acceptors (Lipinski definition) is 1. The maximum absolute atomic E-state index is 11.7. The lowest BCUT2D eigenvalue weighted by Crippen LogP contribution is -2.43. The van der Waals surface area contributed by atoms with Crippen molar-refractivity contribution in [1.82, 2.24) is 5.32 Å². The van der Waals surface area contributed by atoms with Gasteiger partial charge in [0.15, 0.2) is 0 Å². The molecular weight excluding hydrogens is 174 g/mol. The summed E-state index contributed by atoms with van der Waals surface area (Å²) >= 11 is 0. The van der Waals surface area contributed by atoms with Crippen LogP contribution in [0.4, 0.5) is 0 Å². The van der Waals surface area contributed by atoms with Gasteiger partial charge in [0.1, 0.15) is 0 Å². The summed E-state index contributed by atoms with van der Waals surface area (Å²) in [4.78, 5) is 11.7. The van der Waals surface area contributed by atoms with Crippen molar-refractivity contribution in [1.29, 1.82) is 0 Å². The van der Waals surface area contributed by atoms with Crippen molar-refractivity contribution in [3.63, 3.8) is 0 Å². The van der Waals surface area contributed by atoms with E-state index in [1.807, 2.05) is 27.7 Å². The molecule has 0 saturated carbocycles. The molecule has 0 aromatic heterocycles. The Morgan fingerprint density at radius 1 is 1.14 bits per heavy atom. The van der Waals surface area contributed by atoms with Crippen molar-refractivity contribution >= 4 is 5.91 Å². The van der Waals surface area contributed by atoms with Gasteiger partial charge in [0.2, 0.25) is 5.91 Å². The molecule has 1 N–H and O–H groups in total. The molecule has 1 atom stereocenters. The van der Waals surface area contributed by atoms with E-state index in [2.05, 4.69) is 26.1 Å². The number of carbonyl (C=O) groups is 1. The highest BCUT2D eigenvalue weighted by atomic mass is 16.2. The largest absolute Gasteiger partial charge is 0.351 e. The molecule has 1 unspecified atom stereocenters. The fourth-order valence-electron chi connectivity index (χ4n) is 1.50. The zero-order chi connectivity index (χ0) is 11.6. The van der Waals surface area contributed by atoms with Gasteiger partial charge in [-0.25, -0.2) is 0 Å². The topological polar surface area (TPSA) is 29.1 Å². The van der Waals surface area contributed by atoms with Gasteiger partial charge in [0, 0.05) is 11.5 Å². The monoisotopic (exact) mass is 199 g/mol. The van der Waals surface area contributed by atoms with Crippen LogP contribution >= 0.6 is 0 Å². The van der Waals surface area contributed by atoms with Crippen LogP contribution in [0.2, 0.25) is 0 Å². The van der Waals surface area contributed by atoms with E-state index in [-0.39, 0.29) is 22.8 Å². The number of nitrogens with one attached hydrogen (secondary N) is 1. The summed E-state index contributed by atoms with van der Waals surface area (Å²) in [5.74, 6) is 0.252. The maximum atomic E-state index is 11.7. The van der Waals surface area contributed by atoms with Gasteiger partial charge in [-0.15, -0.1) is 0 Å². The fraction of sp³-hybridized carbons (Fsp3) is 0.917. The molecule has 0 rings (SSSR count). The van der Waals surface area contributed by atoms with Crippen LogP contribution in [0.3, 0.4) is 0 Å². The quantitative estimate of drug-likeness (QED) is 0.728. The second-order valence-corrected chi connectivity index (χ2v) is 6.41. The lowest BCUT2D eigenvalue weighted by atomic mass is 9.85. The summed E-state index contributed by atoms with van der Waals surface area (Å²) in [5, 5.41) is 3.00. The van der Waals surface area contributed by atoms with E-state index in [4.69, 9.17) is 0 Å². The summed E-state index contributed by atoms with van der Waals surface area (Å²) < 4.78 is 0. The first-order chi connectivity index (χ1) is 6.01. The standard InChI is InChI=1S/C12H25NO/c1-9(8-11(2,3)4)10(14)13-12(5,6)7/h9H,8H2,1-7H3,(H,13,14). The smallest absolute Gasteiger partial charge is 0.223 e. The van der Waals surface area contributed by atoms with Crippen molar-refractivity contribution in [3.8, 4) is 0 Å². The third-order valence-corrected chi connectivity index (χ3v) is 1.86. The Labute approximate surface area is 88.5 Å².